The summed E-state index contributed by atoms with van der Waals surface area (Å²) in [6, 6.07) is -0.195. The number of ether oxygens (including phenoxy) is 2. The van der Waals surface area contributed by atoms with Crippen molar-refractivity contribution in [1.29, 1.82) is 0 Å². The monoisotopic (exact) mass is 411 g/mol. The number of aliphatic hydroxyl groups excluding tert-OH is 4. The lowest BCUT2D eigenvalue weighted by Crippen LogP contribution is -2.42. The lowest BCUT2D eigenvalue weighted by atomic mass is 10.1. The lowest BCUT2D eigenvalue weighted by molar-refractivity contribution is -0.117. The maximum Gasteiger partial charge on any atom is 0.129 e. The van der Waals surface area contributed by atoms with E-state index in [2.05, 4.69) is 5.32 Å². The Morgan fingerprint density at radius 2 is 1.21 bits per heavy atom. The molecule has 5 N–H and O–H groups in total. The molecule has 28 heavy (non-hydrogen) atoms. The minimum Gasteiger partial charge on any atom is -0.394 e. The third-order valence-corrected chi connectivity index (χ3v) is 3.52. The number of hydrogen-bond donors (Lipinski definition) is 5. The largest absolute Gasteiger partial charge is 0.394 e. The molecule has 8 nitrogen and oxygen atoms in total. The van der Waals surface area contributed by atoms with E-state index in [9.17, 15) is 4.79 Å². The fraction of sp³-hybridized carbons (Fsp3) is 0.950. The van der Waals surface area contributed by atoms with E-state index in [1.165, 1.54) is 0 Å². The number of unbranched alkanes of at least 4 members (excludes halogenated alkanes) is 2. The van der Waals surface area contributed by atoms with Crippen molar-refractivity contribution >= 4 is 5.78 Å². The van der Waals surface area contributed by atoms with Crippen LogP contribution in [0.1, 0.15) is 60.3 Å². The number of ketones is 1. The van der Waals surface area contributed by atoms with Gasteiger partial charge in [-0.2, -0.15) is 0 Å². The summed E-state index contributed by atoms with van der Waals surface area (Å²) in [5.41, 5.74) is 0. The average molecular weight is 412 g/mol. The van der Waals surface area contributed by atoms with Crippen LogP contribution in [0.5, 0.6) is 0 Å². The van der Waals surface area contributed by atoms with Crippen molar-refractivity contribution in [3.05, 3.63) is 0 Å². The van der Waals surface area contributed by atoms with Crippen LogP contribution in [0.2, 0.25) is 0 Å². The molecule has 0 saturated carbocycles. The van der Waals surface area contributed by atoms with Gasteiger partial charge in [0, 0.05) is 6.42 Å². The summed E-state index contributed by atoms with van der Waals surface area (Å²) >= 11 is 0. The van der Waals surface area contributed by atoms with Crippen molar-refractivity contribution in [2.24, 2.45) is 0 Å². The molecule has 0 aliphatic carbocycles. The molecule has 0 spiro atoms. The zero-order valence-electron chi connectivity index (χ0n) is 18.5. The van der Waals surface area contributed by atoms with Gasteiger partial charge in [-0.25, -0.2) is 0 Å². The Hall–Kier alpha value is -0.610. The molecule has 0 heterocycles. The van der Waals surface area contributed by atoms with E-state index < -0.39 is 12.2 Å². The standard InChI is InChI=1S/C16H33NO7.2C2H6/c1-13(22)5-3-2-4-6-17-14(11-23-15(7-18)8-19)12-24-16(9-20)10-21;2*1-2/h14-21H,2-12H2,1H3;2*1-2H3. The van der Waals surface area contributed by atoms with Crippen LogP contribution in [0.15, 0.2) is 0 Å². The third kappa shape index (κ3) is 21.7. The van der Waals surface area contributed by atoms with Gasteiger partial charge < -0.3 is 40.0 Å². The Labute approximate surface area is 171 Å². The van der Waals surface area contributed by atoms with Crippen LogP contribution in [-0.4, -0.2) is 90.6 Å². The second kappa shape index (κ2) is 26.4. The number of hydrogen-bond acceptors (Lipinski definition) is 8. The van der Waals surface area contributed by atoms with Crippen LogP contribution in [-0.2, 0) is 14.3 Å². The van der Waals surface area contributed by atoms with Gasteiger partial charge in [-0.1, -0.05) is 34.1 Å². The predicted octanol–water partition coefficient (Wildman–Crippen LogP) is 0.886. The molecule has 172 valence electrons. The SMILES string of the molecule is CC.CC.CC(=O)CCCCCNC(COC(CO)CO)COC(CO)CO. The van der Waals surface area contributed by atoms with Crippen molar-refractivity contribution in [1.82, 2.24) is 5.32 Å². The second-order valence-electron chi connectivity index (χ2n) is 5.80. The summed E-state index contributed by atoms with van der Waals surface area (Å²) in [4.78, 5) is 10.9. The zero-order chi connectivity index (χ0) is 22.2. The highest BCUT2D eigenvalue weighted by Gasteiger charge is 2.15. The molecule has 0 aromatic rings. The quantitative estimate of drug-likeness (QED) is 0.223. The predicted molar refractivity (Wildman–Crippen MR) is 111 cm³/mol. The summed E-state index contributed by atoms with van der Waals surface area (Å²) < 4.78 is 10.8. The van der Waals surface area contributed by atoms with E-state index in [1.807, 2.05) is 27.7 Å². The Morgan fingerprint density at radius 3 is 1.57 bits per heavy atom. The van der Waals surface area contributed by atoms with Gasteiger partial charge in [0.25, 0.3) is 0 Å². The highest BCUT2D eigenvalue weighted by atomic mass is 16.5. The van der Waals surface area contributed by atoms with Gasteiger partial charge in [-0.3, -0.25) is 0 Å². The zero-order valence-corrected chi connectivity index (χ0v) is 18.5. The van der Waals surface area contributed by atoms with E-state index in [0.717, 1.165) is 19.3 Å². The fourth-order valence-electron chi connectivity index (χ4n) is 1.98. The van der Waals surface area contributed by atoms with Crippen LogP contribution < -0.4 is 5.32 Å². The molecular formula is C20H45NO7. The molecule has 0 saturated heterocycles. The number of rotatable bonds is 17. The Morgan fingerprint density at radius 1 is 0.786 bits per heavy atom. The average Bonchev–Trinajstić information content (AvgIpc) is 2.73. The van der Waals surface area contributed by atoms with Crippen LogP contribution >= 0.6 is 0 Å². The molecule has 0 aromatic heterocycles. The Kier molecular flexibility index (Phi) is 30.2. The maximum atomic E-state index is 10.9. The van der Waals surface area contributed by atoms with Crippen LogP contribution in [0.25, 0.3) is 0 Å². The highest BCUT2D eigenvalue weighted by molar-refractivity contribution is 5.75. The van der Waals surface area contributed by atoms with Crippen LogP contribution in [0.4, 0.5) is 0 Å². The molecule has 0 bridgehead atoms. The molecule has 8 heteroatoms. The molecule has 0 aromatic carbocycles. The molecule has 0 fully saturated rings. The van der Waals surface area contributed by atoms with Gasteiger partial charge >= 0.3 is 0 Å². The van der Waals surface area contributed by atoms with E-state index in [4.69, 9.17) is 29.9 Å². The number of Topliss-reactive ketones (excluding diaryl/α,β-unsaturated/α-hetero) is 1. The molecule has 0 radical (unpaired) electrons. The van der Waals surface area contributed by atoms with Crippen LogP contribution in [0.3, 0.4) is 0 Å². The number of nitrogens with one attached hydrogen (secondary N) is 1. The minimum atomic E-state index is -0.642. The number of carbonyl (C=O) groups excluding carboxylic acids is 1. The first kappa shape index (κ1) is 32.1. The molecule has 0 amide bonds. The first-order valence-electron chi connectivity index (χ1n) is 10.5. The molecule has 0 aliphatic heterocycles. The molecular weight excluding hydrogens is 366 g/mol. The summed E-state index contributed by atoms with van der Waals surface area (Å²) in [5, 5.41) is 39.3. The number of aliphatic hydroxyl groups is 4. The van der Waals surface area contributed by atoms with Crippen molar-refractivity contribution in [2.75, 3.05) is 46.2 Å². The maximum absolute atomic E-state index is 10.9. The second-order valence-corrected chi connectivity index (χ2v) is 5.80. The van der Waals surface area contributed by atoms with Crippen molar-refractivity contribution in [2.45, 2.75) is 78.6 Å². The van der Waals surface area contributed by atoms with Crippen molar-refractivity contribution in [3.8, 4) is 0 Å². The first-order valence-corrected chi connectivity index (χ1v) is 10.5. The van der Waals surface area contributed by atoms with Crippen LogP contribution in [0, 0.1) is 0 Å². The van der Waals surface area contributed by atoms with Crippen molar-refractivity contribution in [3.63, 3.8) is 0 Å². The van der Waals surface area contributed by atoms with Gasteiger partial charge in [-0.05, 0) is 26.3 Å². The molecule has 0 aliphatic rings. The normalized spacial score (nSPS) is 10.6. The van der Waals surface area contributed by atoms with E-state index in [1.54, 1.807) is 6.92 Å². The third-order valence-electron chi connectivity index (χ3n) is 3.52. The summed E-state index contributed by atoms with van der Waals surface area (Å²) in [7, 11) is 0. The summed E-state index contributed by atoms with van der Waals surface area (Å²) in [5.74, 6) is 0.195. The van der Waals surface area contributed by atoms with Crippen molar-refractivity contribution < 1.29 is 34.7 Å². The molecule has 0 atom stereocenters. The smallest absolute Gasteiger partial charge is 0.129 e. The van der Waals surface area contributed by atoms with E-state index in [0.29, 0.717) is 13.0 Å². The first-order chi connectivity index (χ1) is 13.6. The minimum absolute atomic E-state index is 0.195. The van der Waals surface area contributed by atoms with Gasteiger partial charge in [0.05, 0.1) is 45.7 Å². The van der Waals surface area contributed by atoms with Gasteiger partial charge in [0.15, 0.2) is 0 Å². The van der Waals surface area contributed by atoms with E-state index >= 15 is 0 Å². The summed E-state index contributed by atoms with van der Waals surface area (Å²) in [6.45, 7) is 9.65. The molecule has 0 rings (SSSR count). The number of carbonyl (C=O) groups is 1. The van der Waals surface area contributed by atoms with Gasteiger partial charge in [0.2, 0.25) is 0 Å². The molecule has 0 unspecified atom stereocenters. The van der Waals surface area contributed by atoms with Gasteiger partial charge in [0.1, 0.15) is 18.0 Å². The van der Waals surface area contributed by atoms with E-state index in [-0.39, 0.29) is 51.5 Å². The Bertz CT molecular complexity index is 282. The lowest BCUT2D eigenvalue weighted by Gasteiger charge is -2.23. The van der Waals surface area contributed by atoms with Gasteiger partial charge in [-0.15, -0.1) is 0 Å². The Balaban J connectivity index is -0.00000146. The fourth-order valence-corrected chi connectivity index (χ4v) is 1.98. The highest BCUT2D eigenvalue weighted by Crippen LogP contribution is 2.01. The topological polar surface area (TPSA) is 128 Å². The summed E-state index contributed by atoms with van der Waals surface area (Å²) in [6.07, 6.45) is 2.01.